The van der Waals surface area contributed by atoms with Gasteiger partial charge in [0.05, 0.1) is 58.5 Å². The van der Waals surface area contributed by atoms with Gasteiger partial charge in [-0.1, -0.05) is 116 Å². The molecule has 0 spiro atoms. The monoisotopic (exact) mass is 989 g/mol. The number of pyridine rings is 2. The van der Waals surface area contributed by atoms with Gasteiger partial charge in [-0.3, -0.25) is 9.97 Å². The van der Waals surface area contributed by atoms with E-state index in [-0.39, 0.29) is 11.5 Å². The molecule has 0 saturated carbocycles. The molecule has 5 aromatic heterocycles. The Labute approximate surface area is 438 Å². The van der Waals surface area contributed by atoms with Crippen molar-refractivity contribution in [1.82, 2.24) is 14.5 Å². The third-order valence-corrected chi connectivity index (χ3v) is 18.6. The highest BCUT2D eigenvalue weighted by Crippen LogP contribution is 2.61. The second-order valence-corrected chi connectivity index (χ2v) is 23.0. The van der Waals surface area contributed by atoms with Crippen LogP contribution in [0.5, 0.6) is 0 Å². The molecule has 7 heteroatoms. The summed E-state index contributed by atoms with van der Waals surface area (Å²) in [6, 6.07) is 63.7. The van der Waals surface area contributed by atoms with E-state index < -0.39 is 0 Å². The van der Waals surface area contributed by atoms with Crippen LogP contribution in [0.4, 0.5) is 28.4 Å². The van der Waals surface area contributed by atoms with Gasteiger partial charge in [-0.2, -0.15) is 0 Å². The summed E-state index contributed by atoms with van der Waals surface area (Å²) in [5, 5.41) is 3.64. The molecule has 0 N–H and O–H groups in total. The molecule has 15 rings (SSSR count). The third kappa shape index (κ3) is 6.39. The summed E-state index contributed by atoms with van der Waals surface area (Å²) in [4.78, 5) is 15.1. The van der Waals surface area contributed by atoms with Crippen LogP contribution in [0.25, 0.3) is 74.4 Å². The predicted molar refractivity (Wildman–Crippen MR) is 315 cm³/mol. The van der Waals surface area contributed by atoms with E-state index in [1.807, 2.05) is 41.1 Å². The van der Waals surface area contributed by atoms with Gasteiger partial charge in [0.15, 0.2) is 0 Å². The van der Waals surface area contributed by atoms with Crippen molar-refractivity contribution in [2.45, 2.75) is 58.4 Å². The molecule has 74 heavy (non-hydrogen) atoms. The lowest BCUT2D eigenvalue weighted by molar-refractivity contribution is 0.686. The molecule has 0 fully saturated rings. The summed E-state index contributed by atoms with van der Waals surface area (Å²) in [5.41, 5.74) is 23.6. The molecule has 0 saturated heterocycles. The molecule has 3 aliphatic carbocycles. The van der Waals surface area contributed by atoms with Gasteiger partial charge in [0.1, 0.15) is 0 Å². The van der Waals surface area contributed by atoms with E-state index in [2.05, 4.69) is 218 Å². The van der Waals surface area contributed by atoms with Crippen LogP contribution >= 0.6 is 22.7 Å². The predicted octanol–water partition coefficient (Wildman–Crippen LogP) is 18.2. The molecule has 5 heterocycles. The Balaban J connectivity index is 1.05. The molecular weight excluding hydrogens is 939 g/mol. The molecule has 0 bridgehead atoms. The van der Waals surface area contributed by atoms with Crippen molar-refractivity contribution in [2.75, 3.05) is 9.80 Å². The summed E-state index contributed by atoms with van der Waals surface area (Å²) >= 11 is 3.68. The first-order valence-corrected chi connectivity index (χ1v) is 27.5. The lowest BCUT2D eigenvalue weighted by Crippen LogP contribution is -2.37. The van der Waals surface area contributed by atoms with Gasteiger partial charge in [0.25, 0.3) is 0 Å². The first kappa shape index (κ1) is 43.5. The maximum atomic E-state index is 4.97. The molecule has 0 radical (unpaired) electrons. The smallest absolute Gasteiger partial charge is 0.0889 e. The van der Waals surface area contributed by atoms with E-state index in [0.717, 1.165) is 47.4 Å². The van der Waals surface area contributed by atoms with Crippen LogP contribution in [0.2, 0.25) is 0 Å². The van der Waals surface area contributed by atoms with Gasteiger partial charge < -0.3 is 14.4 Å². The zero-order chi connectivity index (χ0) is 49.4. The number of hydrogen-bond donors (Lipinski definition) is 0. The van der Waals surface area contributed by atoms with E-state index in [1.165, 1.54) is 113 Å². The van der Waals surface area contributed by atoms with Crippen molar-refractivity contribution < 1.29 is 0 Å². The second-order valence-electron chi connectivity index (χ2n) is 20.9. The fourth-order valence-corrected chi connectivity index (χ4v) is 15.3. The van der Waals surface area contributed by atoms with Crippen molar-refractivity contribution in [2.24, 2.45) is 0 Å². The van der Waals surface area contributed by atoms with Gasteiger partial charge in [0, 0.05) is 63.1 Å². The number of nitrogens with zero attached hydrogens (tertiary/aromatic N) is 5. The van der Waals surface area contributed by atoms with Gasteiger partial charge in [-0.25, -0.2) is 0 Å². The lowest BCUT2D eigenvalue weighted by Gasteiger charge is -2.40. The maximum Gasteiger partial charge on any atom is 0.0889 e. The average Bonchev–Trinajstić information content (AvgIpc) is 4.17. The summed E-state index contributed by atoms with van der Waals surface area (Å²) in [5.74, 6) is 0. The van der Waals surface area contributed by atoms with E-state index in [0.29, 0.717) is 0 Å². The summed E-state index contributed by atoms with van der Waals surface area (Å²) in [6.45, 7) is 9.38. The number of allylic oxidation sites excluding steroid dienone is 2. The third-order valence-electron chi connectivity index (χ3n) is 16.2. The highest BCUT2D eigenvalue weighted by atomic mass is 32.1. The highest BCUT2D eigenvalue weighted by Gasteiger charge is 2.49. The fraction of sp³-hybridized carbons (Fsp3) is 0.134. The average molecular weight is 990 g/mol. The summed E-state index contributed by atoms with van der Waals surface area (Å²) in [6.07, 6.45) is 11.6. The summed E-state index contributed by atoms with van der Waals surface area (Å²) < 4.78 is 7.49. The zero-order valence-electron chi connectivity index (χ0n) is 41.7. The van der Waals surface area contributed by atoms with E-state index in [9.17, 15) is 0 Å². The number of hydrogen-bond acceptors (Lipinski definition) is 6. The Hall–Kier alpha value is -8.10. The van der Waals surface area contributed by atoms with Gasteiger partial charge in [0.2, 0.25) is 0 Å². The maximum absolute atomic E-state index is 4.97. The lowest BCUT2D eigenvalue weighted by atomic mass is 9.73. The number of thiophene rings is 2. The minimum atomic E-state index is -0.347. The largest absolute Gasteiger partial charge is 0.332 e. The van der Waals surface area contributed by atoms with Crippen LogP contribution in [0.15, 0.2) is 188 Å². The van der Waals surface area contributed by atoms with Crippen molar-refractivity contribution >= 4 is 120 Å². The molecule has 1 unspecified atom stereocenters. The van der Waals surface area contributed by atoms with E-state index in [1.54, 1.807) is 0 Å². The number of aryl methyl sites for hydroxylation is 3. The van der Waals surface area contributed by atoms with Crippen LogP contribution in [-0.4, -0.2) is 20.6 Å². The van der Waals surface area contributed by atoms with Crippen molar-refractivity contribution in [1.29, 1.82) is 0 Å². The fourth-order valence-electron chi connectivity index (χ4n) is 13.0. The SMILES string of the molecule is Cc1ccc(N(c2ccc3c(c2)c2c(n3-c3ccccc3)C3=C(c4ccc5c(c4C3(C)C)C=CCC5)C(N(c3ccc(C)cc3)c3cccc4c3sc3cccnc34)C2)c2cccc3c2sc2cccnc23)cc1. The number of benzene rings is 7. The number of aromatic nitrogens is 3. The summed E-state index contributed by atoms with van der Waals surface area (Å²) in [7, 11) is 0. The van der Waals surface area contributed by atoms with E-state index >= 15 is 0 Å². The second kappa shape index (κ2) is 16.5. The Morgan fingerprint density at radius 1 is 0.608 bits per heavy atom. The molecular formula is C67H51N5S2. The number of para-hydroxylation sites is 1. The molecule has 1 atom stereocenters. The molecule has 3 aliphatic rings. The Morgan fingerprint density at radius 3 is 1.96 bits per heavy atom. The van der Waals surface area contributed by atoms with Crippen molar-refractivity contribution in [3.05, 3.63) is 233 Å². The Kier molecular flexibility index (Phi) is 9.67. The van der Waals surface area contributed by atoms with Crippen LogP contribution < -0.4 is 9.80 Å². The molecule has 0 aliphatic heterocycles. The number of rotatable bonds is 7. The Bertz CT molecular complexity index is 4340. The minimum absolute atomic E-state index is 0.0680. The Morgan fingerprint density at radius 2 is 1.26 bits per heavy atom. The van der Waals surface area contributed by atoms with Crippen LogP contribution in [-0.2, 0) is 18.3 Å². The van der Waals surface area contributed by atoms with Gasteiger partial charge >= 0.3 is 0 Å². The van der Waals surface area contributed by atoms with Crippen LogP contribution in [0.3, 0.4) is 0 Å². The van der Waals surface area contributed by atoms with Crippen LogP contribution in [0, 0.1) is 13.8 Å². The van der Waals surface area contributed by atoms with Gasteiger partial charge in [-0.15, -0.1) is 22.7 Å². The van der Waals surface area contributed by atoms with Gasteiger partial charge in [-0.05, 0) is 157 Å². The van der Waals surface area contributed by atoms with Crippen molar-refractivity contribution in [3.8, 4) is 5.69 Å². The van der Waals surface area contributed by atoms with Crippen LogP contribution in [0.1, 0.15) is 64.9 Å². The number of fused-ring (bicyclic) bond motifs is 14. The standard InChI is InChI=1S/C67H51N5S2/c1-40-24-29-44(30-25-40)70(54-20-10-18-49-62-57(73-65(49)54)22-12-36-68-62)46-33-35-53-51(38-46)52-39-56(71(45-31-26-41(2)27-32-45)55-21-11-19-50-63-58(74-66(50)55)23-13-37-69-63)59-48-34-28-42-14-8-9-17-47(42)60(48)67(3,4)61(59)64(52)72(53)43-15-6-5-7-16-43/h5-7,9-13,15-38,56H,8,14,39H2,1-4H3. The molecule has 0 amide bonds. The minimum Gasteiger partial charge on any atom is -0.332 e. The number of anilines is 5. The topological polar surface area (TPSA) is 37.2 Å². The molecule has 5 nitrogen and oxygen atoms in total. The highest BCUT2D eigenvalue weighted by molar-refractivity contribution is 7.26. The first-order chi connectivity index (χ1) is 36.3. The zero-order valence-corrected chi connectivity index (χ0v) is 43.4. The first-order valence-electron chi connectivity index (χ1n) is 25.9. The quantitative estimate of drug-likeness (QED) is 0.159. The van der Waals surface area contributed by atoms with E-state index in [4.69, 9.17) is 9.97 Å². The molecule has 12 aromatic rings. The molecule has 7 aromatic carbocycles. The van der Waals surface area contributed by atoms with Crippen molar-refractivity contribution in [3.63, 3.8) is 0 Å². The molecule has 356 valence electrons. The normalized spacial score (nSPS) is 15.5.